The second-order valence-corrected chi connectivity index (χ2v) is 5.82. The molecule has 1 saturated heterocycles. The molecule has 2 rings (SSSR count). The first-order valence-electron chi connectivity index (χ1n) is 7.50. The summed E-state index contributed by atoms with van der Waals surface area (Å²) in [6.07, 6.45) is 0.964. The highest BCUT2D eigenvalue weighted by Gasteiger charge is 2.31. The van der Waals surface area contributed by atoms with Crippen LogP contribution in [0.4, 0.5) is 4.39 Å². The smallest absolute Gasteiger partial charge is 0.242 e. The topological polar surface area (TPSA) is 75.4 Å². The Morgan fingerprint density at radius 2 is 2.17 bits per heavy atom. The number of likely N-dealkylation sites (tertiary alicyclic amines) is 1. The van der Waals surface area contributed by atoms with Crippen molar-refractivity contribution in [2.24, 2.45) is 11.7 Å². The quantitative estimate of drug-likeness (QED) is 0.840. The van der Waals surface area contributed by atoms with E-state index in [4.69, 9.17) is 5.73 Å². The molecule has 0 saturated carbocycles. The summed E-state index contributed by atoms with van der Waals surface area (Å²) in [7, 11) is 0. The van der Waals surface area contributed by atoms with Gasteiger partial charge in [0.15, 0.2) is 0 Å². The average molecular weight is 344 g/mol. The van der Waals surface area contributed by atoms with Crippen LogP contribution in [0.5, 0.6) is 0 Å². The Morgan fingerprint density at radius 3 is 2.78 bits per heavy atom. The second-order valence-electron chi connectivity index (χ2n) is 5.82. The van der Waals surface area contributed by atoms with Gasteiger partial charge in [0.1, 0.15) is 5.82 Å². The lowest BCUT2D eigenvalue weighted by molar-refractivity contribution is -0.133. The Balaban J connectivity index is 0.00000264. The molecule has 0 bridgehead atoms. The zero-order chi connectivity index (χ0) is 16.1. The fourth-order valence-electron chi connectivity index (χ4n) is 2.83. The fourth-order valence-corrected chi connectivity index (χ4v) is 2.83. The average Bonchev–Trinajstić information content (AvgIpc) is 2.86. The zero-order valence-electron chi connectivity index (χ0n) is 13.1. The molecule has 23 heavy (non-hydrogen) atoms. The number of hydrogen-bond donors (Lipinski definition) is 2. The minimum atomic E-state index is -0.375. The molecule has 3 N–H and O–H groups in total. The van der Waals surface area contributed by atoms with E-state index in [9.17, 15) is 14.0 Å². The molecule has 1 heterocycles. The Bertz CT molecular complexity index is 556. The maximum absolute atomic E-state index is 13.0. The van der Waals surface area contributed by atoms with Crippen LogP contribution in [0.3, 0.4) is 0 Å². The number of hydrogen-bond acceptors (Lipinski definition) is 3. The number of nitrogens with two attached hydrogens (primary N) is 1. The minimum absolute atomic E-state index is 0. The molecular weight excluding hydrogens is 321 g/mol. The molecule has 0 radical (unpaired) electrons. The van der Waals surface area contributed by atoms with E-state index in [1.165, 1.54) is 12.1 Å². The molecule has 1 aliphatic heterocycles. The molecule has 0 spiro atoms. The van der Waals surface area contributed by atoms with Gasteiger partial charge in [-0.15, -0.1) is 12.4 Å². The number of rotatable bonds is 5. The van der Waals surface area contributed by atoms with Gasteiger partial charge in [0.05, 0.1) is 13.0 Å². The van der Waals surface area contributed by atoms with Gasteiger partial charge in [-0.1, -0.05) is 12.1 Å². The Hall–Kier alpha value is -1.66. The highest BCUT2D eigenvalue weighted by atomic mass is 35.5. The fraction of sp³-hybridized carbons (Fsp3) is 0.500. The van der Waals surface area contributed by atoms with Gasteiger partial charge >= 0.3 is 0 Å². The van der Waals surface area contributed by atoms with E-state index in [1.807, 2.05) is 6.92 Å². The van der Waals surface area contributed by atoms with Crippen molar-refractivity contribution in [1.82, 2.24) is 10.2 Å². The van der Waals surface area contributed by atoms with E-state index in [1.54, 1.807) is 17.0 Å². The molecule has 1 fully saturated rings. The van der Waals surface area contributed by atoms with Gasteiger partial charge in [0.25, 0.3) is 0 Å². The van der Waals surface area contributed by atoms with Crippen molar-refractivity contribution >= 4 is 24.2 Å². The summed E-state index contributed by atoms with van der Waals surface area (Å²) in [5, 5.41) is 2.60. The predicted molar refractivity (Wildman–Crippen MR) is 88.7 cm³/mol. The number of amides is 2. The van der Waals surface area contributed by atoms with E-state index >= 15 is 0 Å². The first-order chi connectivity index (χ1) is 10.5. The van der Waals surface area contributed by atoms with Gasteiger partial charge in [-0.25, -0.2) is 4.39 Å². The van der Waals surface area contributed by atoms with Gasteiger partial charge in [-0.05, 0) is 43.5 Å². The molecule has 2 atom stereocenters. The van der Waals surface area contributed by atoms with Crippen molar-refractivity contribution in [3.05, 3.63) is 35.6 Å². The first-order valence-corrected chi connectivity index (χ1v) is 7.50. The molecule has 1 aromatic rings. The minimum Gasteiger partial charge on any atom is -0.347 e. The highest BCUT2D eigenvalue weighted by molar-refractivity contribution is 5.86. The van der Waals surface area contributed by atoms with Crippen LogP contribution in [0.1, 0.15) is 18.9 Å². The largest absolute Gasteiger partial charge is 0.347 e. The maximum atomic E-state index is 13.0. The Labute approximate surface area is 141 Å². The molecule has 0 aliphatic carbocycles. The van der Waals surface area contributed by atoms with Crippen LogP contribution in [0.2, 0.25) is 0 Å². The van der Waals surface area contributed by atoms with Crippen LogP contribution >= 0.6 is 12.4 Å². The van der Waals surface area contributed by atoms with E-state index in [2.05, 4.69) is 5.32 Å². The molecule has 2 amide bonds. The molecule has 5 nitrogen and oxygen atoms in total. The number of nitrogens with zero attached hydrogens (tertiary/aromatic N) is 1. The van der Waals surface area contributed by atoms with Gasteiger partial charge in [0, 0.05) is 12.6 Å². The molecule has 2 unspecified atom stereocenters. The van der Waals surface area contributed by atoms with Crippen molar-refractivity contribution < 1.29 is 14.0 Å². The molecule has 128 valence electrons. The number of benzene rings is 1. The van der Waals surface area contributed by atoms with E-state index in [0.29, 0.717) is 24.6 Å². The normalized spacial score (nSPS) is 20.0. The summed E-state index contributed by atoms with van der Waals surface area (Å²) in [5.41, 5.74) is 6.23. The summed E-state index contributed by atoms with van der Waals surface area (Å²) in [5.74, 6) is -0.431. The standard InChI is InChI=1S/C16H22FN3O2.ClH/c1-11-5-13(8-18)10-20(11)16(22)9-19-15(21)7-12-3-2-4-14(17)6-12;/h2-4,6,11,13H,5,7-10,18H2,1H3,(H,19,21);1H. The second kappa shape index (κ2) is 8.84. The number of halogens is 2. The summed E-state index contributed by atoms with van der Waals surface area (Å²) in [6, 6.07) is 6.03. The van der Waals surface area contributed by atoms with Crippen LogP contribution in [0.25, 0.3) is 0 Å². The summed E-state index contributed by atoms with van der Waals surface area (Å²) < 4.78 is 13.0. The lowest BCUT2D eigenvalue weighted by Gasteiger charge is -2.21. The van der Waals surface area contributed by atoms with Crippen LogP contribution in [0, 0.1) is 11.7 Å². The summed E-state index contributed by atoms with van der Waals surface area (Å²) >= 11 is 0. The molecular formula is C16H23ClFN3O2. The van der Waals surface area contributed by atoms with Crippen molar-refractivity contribution in [3.63, 3.8) is 0 Å². The van der Waals surface area contributed by atoms with Gasteiger partial charge in [0.2, 0.25) is 11.8 Å². The van der Waals surface area contributed by atoms with Crippen molar-refractivity contribution in [2.45, 2.75) is 25.8 Å². The molecule has 0 aromatic heterocycles. The van der Waals surface area contributed by atoms with Crippen molar-refractivity contribution in [2.75, 3.05) is 19.6 Å². The summed E-state index contributed by atoms with van der Waals surface area (Å²) in [4.78, 5) is 25.7. The van der Waals surface area contributed by atoms with E-state index < -0.39 is 0 Å². The molecule has 7 heteroatoms. The summed E-state index contributed by atoms with van der Waals surface area (Å²) in [6.45, 7) is 3.17. The van der Waals surface area contributed by atoms with Crippen LogP contribution in [-0.4, -0.2) is 42.4 Å². The zero-order valence-corrected chi connectivity index (χ0v) is 13.9. The van der Waals surface area contributed by atoms with E-state index in [-0.39, 0.29) is 49.0 Å². The third-order valence-electron chi connectivity index (χ3n) is 4.01. The Morgan fingerprint density at radius 1 is 1.43 bits per heavy atom. The molecule has 1 aliphatic rings. The highest BCUT2D eigenvalue weighted by Crippen LogP contribution is 2.21. The predicted octanol–water partition coefficient (Wildman–Crippen LogP) is 1.10. The lowest BCUT2D eigenvalue weighted by atomic mass is 10.1. The molecule has 1 aromatic carbocycles. The third kappa shape index (κ3) is 5.48. The number of nitrogens with one attached hydrogen (secondary N) is 1. The van der Waals surface area contributed by atoms with Crippen LogP contribution in [0.15, 0.2) is 24.3 Å². The van der Waals surface area contributed by atoms with Crippen LogP contribution < -0.4 is 11.1 Å². The van der Waals surface area contributed by atoms with Crippen LogP contribution in [-0.2, 0) is 16.0 Å². The third-order valence-corrected chi connectivity index (χ3v) is 4.01. The van der Waals surface area contributed by atoms with E-state index in [0.717, 1.165) is 6.42 Å². The number of carbonyl (C=O) groups excluding carboxylic acids is 2. The maximum Gasteiger partial charge on any atom is 0.242 e. The monoisotopic (exact) mass is 343 g/mol. The number of carbonyl (C=O) groups is 2. The SMILES string of the molecule is CC1CC(CN)CN1C(=O)CNC(=O)Cc1cccc(F)c1.Cl. The van der Waals surface area contributed by atoms with Gasteiger partial charge < -0.3 is 16.0 Å². The lowest BCUT2D eigenvalue weighted by Crippen LogP contribution is -2.42. The van der Waals surface area contributed by atoms with Gasteiger partial charge in [-0.2, -0.15) is 0 Å². The first kappa shape index (κ1) is 19.4. The van der Waals surface area contributed by atoms with Gasteiger partial charge in [-0.3, -0.25) is 9.59 Å². The Kier molecular flexibility index (Phi) is 7.45. The van der Waals surface area contributed by atoms with Crippen molar-refractivity contribution in [1.29, 1.82) is 0 Å². The van der Waals surface area contributed by atoms with Crippen molar-refractivity contribution in [3.8, 4) is 0 Å².